The van der Waals surface area contributed by atoms with Crippen LogP contribution in [-0.2, 0) is 6.42 Å². The average Bonchev–Trinajstić information content (AvgIpc) is 2.93. The summed E-state index contributed by atoms with van der Waals surface area (Å²) < 4.78 is 10.6. The van der Waals surface area contributed by atoms with Gasteiger partial charge in [-0.2, -0.15) is 0 Å². The van der Waals surface area contributed by atoms with Crippen LogP contribution in [0.2, 0.25) is 0 Å². The predicted octanol–water partition coefficient (Wildman–Crippen LogP) is 3.86. The van der Waals surface area contributed by atoms with Gasteiger partial charge >= 0.3 is 0 Å². The second-order valence-corrected chi connectivity index (χ2v) is 5.91. The number of methoxy groups -OCH3 is 2. The molecule has 25 heavy (non-hydrogen) atoms. The van der Waals surface area contributed by atoms with E-state index < -0.39 is 0 Å². The molecule has 0 amide bonds. The lowest BCUT2D eigenvalue weighted by Crippen LogP contribution is -1.95. The van der Waals surface area contributed by atoms with Crippen molar-refractivity contribution < 1.29 is 14.6 Å². The van der Waals surface area contributed by atoms with Crippen molar-refractivity contribution in [1.82, 2.24) is 4.98 Å². The number of aromatic nitrogens is 1. The molecule has 0 bridgehead atoms. The first-order valence-corrected chi connectivity index (χ1v) is 8.14. The molecule has 5 nitrogen and oxygen atoms in total. The lowest BCUT2D eigenvalue weighted by atomic mass is 10.1. The SMILES string of the molecule is COc1ccc(CCN=Cc2c(O)[nH]c3ccc(C)cc23)cc1OC. The first kappa shape index (κ1) is 16.9. The number of H-pyrrole nitrogens is 1. The normalized spacial score (nSPS) is 11.3. The molecular formula is C20H22N2O3. The van der Waals surface area contributed by atoms with Gasteiger partial charge in [0.05, 0.1) is 19.8 Å². The lowest BCUT2D eigenvalue weighted by Gasteiger charge is -2.08. The number of rotatable bonds is 6. The van der Waals surface area contributed by atoms with Crippen LogP contribution < -0.4 is 9.47 Å². The van der Waals surface area contributed by atoms with E-state index in [1.54, 1.807) is 20.4 Å². The van der Waals surface area contributed by atoms with Crippen molar-refractivity contribution in [2.75, 3.05) is 20.8 Å². The predicted molar refractivity (Wildman–Crippen MR) is 100 cm³/mol. The topological polar surface area (TPSA) is 66.8 Å². The molecule has 2 N–H and O–H groups in total. The average molecular weight is 338 g/mol. The largest absolute Gasteiger partial charge is 0.494 e. The van der Waals surface area contributed by atoms with Gasteiger partial charge in [-0.3, -0.25) is 4.99 Å². The van der Waals surface area contributed by atoms with Crippen molar-refractivity contribution in [3.8, 4) is 17.4 Å². The van der Waals surface area contributed by atoms with E-state index in [0.29, 0.717) is 18.0 Å². The number of fused-ring (bicyclic) bond motifs is 1. The monoisotopic (exact) mass is 338 g/mol. The molecule has 1 aromatic heterocycles. The van der Waals surface area contributed by atoms with Gasteiger partial charge in [-0.05, 0) is 43.2 Å². The highest BCUT2D eigenvalue weighted by molar-refractivity contribution is 6.02. The van der Waals surface area contributed by atoms with Crippen molar-refractivity contribution in [3.63, 3.8) is 0 Å². The molecule has 0 radical (unpaired) electrons. The van der Waals surface area contributed by atoms with Gasteiger partial charge in [0, 0.05) is 23.7 Å². The molecule has 5 heteroatoms. The maximum atomic E-state index is 10.1. The van der Waals surface area contributed by atoms with Crippen LogP contribution >= 0.6 is 0 Å². The Hall–Kier alpha value is -2.95. The van der Waals surface area contributed by atoms with E-state index in [4.69, 9.17) is 9.47 Å². The minimum atomic E-state index is 0.149. The number of aromatic amines is 1. The number of nitrogens with zero attached hydrogens (tertiary/aromatic N) is 1. The van der Waals surface area contributed by atoms with Crippen molar-refractivity contribution in [2.45, 2.75) is 13.3 Å². The van der Waals surface area contributed by atoms with Crippen LogP contribution in [0.1, 0.15) is 16.7 Å². The van der Waals surface area contributed by atoms with E-state index in [-0.39, 0.29) is 5.88 Å². The Bertz CT molecular complexity index is 913. The number of hydrogen-bond acceptors (Lipinski definition) is 4. The summed E-state index contributed by atoms with van der Waals surface area (Å²) in [5.41, 5.74) is 3.90. The Morgan fingerprint density at radius 1 is 1.08 bits per heavy atom. The highest BCUT2D eigenvalue weighted by Crippen LogP contribution is 2.28. The number of aliphatic imine (C=N–C) groups is 1. The third-order valence-electron chi connectivity index (χ3n) is 4.17. The zero-order valence-electron chi connectivity index (χ0n) is 14.7. The smallest absolute Gasteiger partial charge is 0.198 e. The van der Waals surface area contributed by atoms with Gasteiger partial charge in [-0.15, -0.1) is 0 Å². The van der Waals surface area contributed by atoms with Crippen LogP contribution in [0, 0.1) is 6.92 Å². The fourth-order valence-electron chi connectivity index (χ4n) is 2.83. The Labute approximate surface area is 146 Å². The summed E-state index contributed by atoms with van der Waals surface area (Å²) in [5, 5.41) is 11.1. The molecule has 0 saturated heterocycles. The van der Waals surface area contributed by atoms with Crippen LogP contribution in [0.3, 0.4) is 0 Å². The van der Waals surface area contributed by atoms with E-state index in [1.165, 1.54) is 0 Å². The lowest BCUT2D eigenvalue weighted by molar-refractivity contribution is 0.354. The Morgan fingerprint density at radius 3 is 2.64 bits per heavy atom. The number of nitrogens with one attached hydrogen (secondary N) is 1. The molecule has 0 spiro atoms. The highest BCUT2D eigenvalue weighted by Gasteiger charge is 2.08. The molecule has 3 rings (SSSR count). The molecule has 130 valence electrons. The van der Waals surface area contributed by atoms with Gasteiger partial charge in [0.2, 0.25) is 0 Å². The van der Waals surface area contributed by atoms with Gasteiger partial charge in [0.15, 0.2) is 17.4 Å². The number of ether oxygens (including phenoxy) is 2. The summed E-state index contributed by atoms with van der Waals surface area (Å²) in [6.07, 6.45) is 2.51. The zero-order chi connectivity index (χ0) is 17.8. The van der Waals surface area contributed by atoms with Gasteiger partial charge in [-0.1, -0.05) is 17.7 Å². The quantitative estimate of drug-likeness (QED) is 0.671. The van der Waals surface area contributed by atoms with Crippen molar-refractivity contribution in [3.05, 3.63) is 53.1 Å². The Balaban J connectivity index is 1.72. The maximum absolute atomic E-state index is 10.1. The summed E-state index contributed by atoms with van der Waals surface area (Å²) in [7, 11) is 3.25. The van der Waals surface area contributed by atoms with Gasteiger partial charge in [-0.25, -0.2) is 0 Å². The number of hydrogen-bond donors (Lipinski definition) is 2. The van der Waals surface area contributed by atoms with E-state index in [2.05, 4.69) is 9.98 Å². The maximum Gasteiger partial charge on any atom is 0.198 e. The second kappa shape index (κ2) is 7.30. The molecule has 3 aromatic rings. The molecule has 0 fully saturated rings. The van der Waals surface area contributed by atoms with E-state index >= 15 is 0 Å². The number of aryl methyl sites for hydroxylation is 1. The first-order valence-electron chi connectivity index (χ1n) is 8.14. The molecule has 0 saturated carbocycles. The molecule has 2 aromatic carbocycles. The molecule has 0 aliphatic rings. The molecule has 0 atom stereocenters. The van der Waals surface area contributed by atoms with Crippen molar-refractivity contribution in [2.24, 2.45) is 4.99 Å². The highest BCUT2D eigenvalue weighted by atomic mass is 16.5. The van der Waals surface area contributed by atoms with Crippen LogP contribution in [0.15, 0.2) is 41.4 Å². The first-order chi connectivity index (χ1) is 12.1. The van der Waals surface area contributed by atoms with Crippen LogP contribution in [0.25, 0.3) is 10.9 Å². The van der Waals surface area contributed by atoms with Crippen LogP contribution in [0.4, 0.5) is 0 Å². The fourth-order valence-corrected chi connectivity index (χ4v) is 2.83. The molecule has 1 heterocycles. The summed E-state index contributed by atoms with van der Waals surface area (Å²) in [6, 6.07) is 11.9. The molecule has 0 aliphatic carbocycles. The summed E-state index contributed by atoms with van der Waals surface area (Å²) in [6.45, 7) is 2.65. The third-order valence-corrected chi connectivity index (χ3v) is 4.17. The second-order valence-electron chi connectivity index (χ2n) is 5.91. The van der Waals surface area contributed by atoms with Gasteiger partial charge < -0.3 is 19.6 Å². The minimum Gasteiger partial charge on any atom is -0.494 e. The van der Waals surface area contributed by atoms with Gasteiger partial charge in [0.25, 0.3) is 0 Å². The van der Waals surface area contributed by atoms with Crippen molar-refractivity contribution >= 4 is 17.1 Å². The van der Waals surface area contributed by atoms with E-state index in [9.17, 15) is 5.11 Å². The van der Waals surface area contributed by atoms with Crippen LogP contribution in [0.5, 0.6) is 17.4 Å². The van der Waals surface area contributed by atoms with Gasteiger partial charge in [0.1, 0.15) is 0 Å². The minimum absolute atomic E-state index is 0.149. The van der Waals surface area contributed by atoms with E-state index in [1.807, 2.05) is 43.3 Å². The summed E-state index contributed by atoms with van der Waals surface area (Å²) >= 11 is 0. The Kier molecular flexibility index (Phi) is 4.93. The number of aromatic hydroxyl groups is 1. The molecule has 0 unspecified atom stereocenters. The van der Waals surface area contributed by atoms with Crippen LogP contribution in [-0.4, -0.2) is 37.1 Å². The number of benzene rings is 2. The fraction of sp³-hybridized carbons (Fsp3) is 0.250. The van der Waals surface area contributed by atoms with E-state index in [0.717, 1.165) is 34.0 Å². The third kappa shape index (κ3) is 3.60. The van der Waals surface area contributed by atoms with Crippen molar-refractivity contribution in [1.29, 1.82) is 0 Å². The standard InChI is InChI=1S/C20H22N2O3/c1-13-4-6-17-15(10-13)16(20(23)22-17)12-21-9-8-14-5-7-18(24-2)19(11-14)25-3/h4-7,10-12,22-23H,8-9H2,1-3H3. The zero-order valence-corrected chi connectivity index (χ0v) is 14.7. The Morgan fingerprint density at radius 2 is 1.88 bits per heavy atom. The summed E-state index contributed by atoms with van der Waals surface area (Å²) in [4.78, 5) is 7.45. The molecular weight excluding hydrogens is 316 g/mol. The summed E-state index contributed by atoms with van der Waals surface area (Å²) in [5.74, 6) is 1.58. The molecule has 0 aliphatic heterocycles.